The molecule has 1 aliphatic heterocycles. The van der Waals surface area contributed by atoms with Crippen molar-refractivity contribution >= 4 is 16.6 Å². The molecule has 2 aromatic carbocycles. The second kappa shape index (κ2) is 5.51. The molecule has 19 heavy (non-hydrogen) atoms. The predicted octanol–water partition coefficient (Wildman–Crippen LogP) is 2.37. The van der Waals surface area contributed by atoms with E-state index < -0.39 is 6.10 Å². The Morgan fingerprint density at radius 2 is 1.95 bits per heavy atom. The summed E-state index contributed by atoms with van der Waals surface area (Å²) >= 11 is 0. The van der Waals surface area contributed by atoms with E-state index in [1.54, 1.807) is 0 Å². The minimum atomic E-state index is -0.403. The van der Waals surface area contributed by atoms with E-state index in [-0.39, 0.29) is 5.78 Å². The van der Waals surface area contributed by atoms with Crippen molar-refractivity contribution in [1.82, 2.24) is 0 Å². The molecule has 0 bridgehead atoms. The van der Waals surface area contributed by atoms with Crippen LogP contribution in [-0.4, -0.2) is 31.7 Å². The molecule has 0 saturated carbocycles. The molecule has 3 rings (SSSR count). The van der Waals surface area contributed by atoms with E-state index in [0.717, 1.165) is 10.9 Å². The smallest absolute Gasteiger partial charge is 0.168 e. The number of hydrogen-bond donors (Lipinski definition) is 0. The Morgan fingerprint density at radius 1 is 1.11 bits per heavy atom. The van der Waals surface area contributed by atoms with Crippen molar-refractivity contribution in [2.24, 2.45) is 0 Å². The zero-order chi connectivity index (χ0) is 13.1. The lowest BCUT2D eigenvalue weighted by atomic mass is 10.0. The molecule has 2 aromatic rings. The lowest BCUT2D eigenvalue weighted by Gasteiger charge is -2.21. The van der Waals surface area contributed by atoms with Crippen molar-refractivity contribution in [3.05, 3.63) is 48.0 Å². The summed E-state index contributed by atoms with van der Waals surface area (Å²) in [4.78, 5) is 12.1. The molecular weight excluding hydrogens is 240 g/mol. The van der Waals surface area contributed by atoms with E-state index in [2.05, 4.69) is 24.3 Å². The van der Waals surface area contributed by atoms with Gasteiger partial charge in [0.05, 0.1) is 19.8 Å². The standard InChI is InChI=1S/C16H16O3/c17-15(16-11-18-7-8-19-16)10-12-5-6-13-3-1-2-4-14(13)9-12/h1-6,9,16H,7-8,10-11H2. The number of benzene rings is 2. The number of rotatable bonds is 3. The van der Waals surface area contributed by atoms with Gasteiger partial charge in [-0.3, -0.25) is 4.79 Å². The van der Waals surface area contributed by atoms with E-state index >= 15 is 0 Å². The second-order valence-corrected chi connectivity index (χ2v) is 4.76. The fourth-order valence-corrected chi connectivity index (χ4v) is 2.34. The fourth-order valence-electron chi connectivity index (χ4n) is 2.34. The molecule has 1 saturated heterocycles. The number of hydrogen-bond acceptors (Lipinski definition) is 3. The van der Waals surface area contributed by atoms with Gasteiger partial charge in [0.15, 0.2) is 5.78 Å². The first-order valence-corrected chi connectivity index (χ1v) is 6.53. The van der Waals surface area contributed by atoms with Gasteiger partial charge in [0.1, 0.15) is 6.10 Å². The van der Waals surface area contributed by atoms with Crippen molar-refractivity contribution in [2.75, 3.05) is 19.8 Å². The number of carbonyl (C=O) groups excluding carboxylic acids is 1. The van der Waals surface area contributed by atoms with Gasteiger partial charge in [-0.2, -0.15) is 0 Å². The van der Waals surface area contributed by atoms with Crippen molar-refractivity contribution < 1.29 is 14.3 Å². The molecule has 3 heteroatoms. The monoisotopic (exact) mass is 256 g/mol. The quantitative estimate of drug-likeness (QED) is 0.845. The molecule has 0 spiro atoms. The topological polar surface area (TPSA) is 35.5 Å². The van der Waals surface area contributed by atoms with Crippen LogP contribution in [0.1, 0.15) is 5.56 Å². The number of ketones is 1. The van der Waals surface area contributed by atoms with E-state index in [4.69, 9.17) is 9.47 Å². The highest BCUT2D eigenvalue weighted by Gasteiger charge is 2.22. The molecular formula is C16H16O3. The Kier molecular flexibility index (Phi) is 3.58. The Morgan fingerprint density at radius 3 is 2.74 bits per heavy atom. The summed E-state index contributed by atoms with van der Waals surface area (Å²) in [7, 11) is 0. The number of carbonyl (C=O) groups is 1. The van der Waals surface area contributed by atoms with Gasteiger partial charge in [-0.15, -0.1) is 0 Å². The first-order valence-electron chi connectivity index (χ1n) is 6.53. The molecule has 1 aliphatic rings. The zero-order valence-electron chi connectivity index (χ0n) is 10.7. The van der Waals surface area contributed by atoms with Gasteiger partial charge in [0.2, 0.25) is 0 Å². The van der Waals surface area contributed by atoms with Crippen LogP contribution in [0, 0.1) is 0 Å². The molecule has 3 nitrogen and oxygen atoms in total. The van der Waals surface area contributed by atoms with Crippen LogP contribution in [0.2, 0.25) is 0 Å². The molecule has 1 atom stereocenters. The Labute approximate surface area is 112 Å². The van der Waals surface area contributed by atoms with Gasteiger partial charge >= 0.3 is 0 Å². The summed E-state index contributed by atoms with van der Waals surface area (Å²) in [5, 5.41) is 2.35. The molecule has 0 aromatic heterocycles. The van der Waals surface area contributed by atoms with Crippen LogP contribution in [0.5, 0.6) is 0 Å². The average molecular weight is 256 g/mol. The van der Waals surface area contributed by atoms with Crippen LogP contribution in [0.25, 0.3) is 10.8 Å². The number of fused-ring (bicyclic) bond motifs is 1. The average Bonchev–Trinajstić information content (AvgIpc) is 2.48. The molecule has 0 aliphatic carbocycles. The van der Waals surface area contributed by atoms with Crippen molar-refractivity contribution in [1.29, 1.82) is 0 Å². The summed E-state index contributed by atoms with van der Waals surface area (Å²) in [6.07, 6.45) is -0.000926. The SMILES string of the molecule is O=C(Cc1ccc2ccccc2c1)C1COCCO1. The Hall–Kier alpha value is -1.71. The van der Waals surface area contributed by atoms with Crippen molar-refractivity contribution in [2.45, 2.75) is 12.5 Å². The minimum Gasteiger partial charge on any atom is -0.376 e. The summed E-state index contributed by atoms with van der Waals surface area (Å²) in [5.41, 5.74) is 1.03. The fraction of sp³-hybridized carbons (Fsp3) is 0.312. The summed E-state index contributed by atoms with van der Waals surface area (Å²) in [5.74, 6) is 0.0926. The Balaban J connectivity index is 1.75. The van der Waals surface area contributed by atoms with Gasteiger partial charge in [-0.25, -0.2) is 0 Å². The molecule has 0 N–H and O–H groups in total. The third-order valence-electron chi connectivity index (χ3n) is 3.37. The molecule has 0 radical (unpaired) electrons. The zero-order valence-corrected chi connectivity index (χ0v) is 10.7. The lowest BCUT2D eigenvalue weighted by molar-refractivity contribution is -0.144. The maximum absolute atomic E-state index is 12.1. The van der Waals surface area contributed by atoms with Crippen LogP contribution in [0.3, 0.4) is 0 Å². The van der Waals surface area contributed by atoms with Gasteiger partial charge in [-0.1, -0.05) is 42.5 Å². The first kappa shape index (κ1) is 12.3. The van der Waals surface area contributed by atoms with E-state index in [1.165, 1.54) is 5.39 Å². The van der Waals surface area contributed by atoms with Crippen LogP contribution in [0.15, 0.2) is 42.5 Å². The Bertz CT molecular complexity index is 585. The summed E-state index contributed by atoms with van der Waals surface area (Å²) < 4.78 is 10.7. The number of ether oxygens (including phenoxy) is 2. The second-order valence-electron chi connectivity index (χ2n) is 4.76. The van der Waals surface area contributed by atoms with Crippen molar-refractivity contribution in [3.8, 4) is 0 Å². The van der Waals surface area contributed by atoms with Gasteiger partial charge in [0.25, 0.3) is 0 Å². The first-order chi connectivity index (χ1) is 9.33. The van der Waals surface area contributed by atoms with Gasteiger partial charge in [-0.05, 0) is 16.3 Å². The highest BCUT2D eigenvalue weighted by molar-refractivity contribution is 5.88. The lowest BCUT2D eigenvalue weighted by Crippen LogP contribution is -2.36. The van der Waals surface area contributed by atoms with Crippen molar-refractivity contribution in [3.63, 3.8) is 0 Å². The van der Waals surface area contributed by atoms with Crippen LogP contribution in [-0.2, 0) is 20.7 Å². The highest BCUT2D eigenvalue weighted by Crippen LogP contribution is 2.17. The number of Topliss-reactive ketones (excluding diaryl/α,β-unsaturated/α-hetero) is 1. The predicted molar refractivity (Wildman–Crippen MR) is 73.2 cm³/mol. The normalized spacial score (nSPS) is 19.5. The molecule has 1 unspecified atom stereocenters. The maximum atomic E-state index is 12.1. The maximum Gasteiger partial charge on any atom is 0.168 e. The van der Waals surface area contributed by atoms with E-state index in [9.17, 15) is 4.79 Å². The third-order valence-corrected chi connectivity index (χ3v) is 3.37. The summed E-state index contributed by atoms with van der Waals surface area (Å²) in [6.45, 7) is 1.47. The van der Waals surface area contributed by atoms with E-state index in [1.807, 2.05) is 18.2 Å². The van der Waals surface area contributed by atoms with E-state index in [0.29, 0.717) is 26.2 Å². The highest BCUT2D eigenvalue weighted by atomic mass is 16.6. The molecule has 1 fully saturated rings. The molecule has 1 heterocycles. The summed E-state index contributed by atoms with van der Waals surface area (Å²) in [6, 6.07) is 14.3. The minimum absolute atomic E-state index is 0.0926. The molecule has 0 amide bonds. The largest absolute Gasteiger partial charge is 0.376 e. The molecule has 98 valence electrons. The van der Waals surface area contributed by atoms with Crippen LogP contribution >= 0.6 is 0 Å². The van der Waals surface area contributed by atoms with Gasteiger partial charge in [0, 0.05) is 6.42 Å². The third kappa shape index (κ3) is 2.83. The van der Waals surface area contributed by atoms with Crippen LogP contribution < -0.4 is 0 Å². The van der Waals surface area contributed by atoms with Gasteiger partial charge < -0.3 is 9.47 Å². The van der Waals surface area contributed by atoms with Crippen LogP contribution in [0.4, 0.5) is 0 Å².